The van der Waals surface area contributed by atoms with Crippen LogP contribution >= 0.6 is 0 Å². The minimum Gasteiger partial charge on any atom is -0.383 e. The summed E-state index contributed by atoms with van der Waals surface area (Å²) in [5.74, 6) is 0.228. The Morgan fingerprint density at radius 2 is 2.00 bits per heavy atom. The molecule has 0 radical (unpaired) electrons. The first-order chi connectivity index (χ1) is 13.6. The van der Waals surface area contributed by atoms with Crippen LogP contribution in [0.4, 0.5) is 0 Å². The van der Waals surface area contributed by atoms with Crippen LogP contribution in [0.2, 0.25) is 0 Å². The van der Waals surface area contributed by atoms with Gasteiger partial charge in [-0.2, -0.15) is 0 Å². The van der Waals surface area contributed by atoms with Crippen molar-refractivity contribution in [1.82, 2.24) is 19.8 Å². The van der Waals surface area contributed by atoms with Crippen molar-refractivity contribution in [2.24, 2.45) is 5.41 Å². The van der Waals surface area contributed by atoms with Crippen molar-refractivity contribution >= 4 is 22.8 Å². The van der Waals surface area contributed by atoms with Crippen molar-refractivity contribution in [3.63, 3.8) is 0 Å². The lowest BCUT2D eigenvalue weighted by Crippen LogP contribution is -2.55. The summed E-state index contributed by atoms with van der Waals surface area (Å²) in [6, 6.07) is 5.50. The van der Waals surface area contributed by atoms with Gasteiger partial charge in [0.15, 0.2) is 0 Å². The van der Waals surface area contributed by atoms with Gasteiger partial charge < -0.3 is 14.5 Å². The van der Waals surface area contributed by atoms with Crippen LogP contribution in [0.25, 0.3) is 11.0 Å². The largest absolute Gasteiger partial charge is 0.383 e. The highest BCUT2D eigenvalue weighted by atomic mass is 16.5. The summed E-state index contributed by atoms with van der Waals surface area (Å²) in [6.45, 7) is 3.32. The van der Waals surface area contributed by atoms with Crippen molar-refractivity contribution in [1.29, 1.82) is 0 Å². The number of methoxy groups -OCH3 is 1. The van der Waals surface area contributed by atoms with E-state index in [0.29, 0.717) is 38.2 Å². The van der Waals surface area contributed by atoms with Gasteiger partial charge >= 0.3 is 0 Å². The standard InChI is InChI=1S/C21H26N4O3/c1-28-12-11-24-14-21(7-5-19(24)26)6-2-10-25(15-21)20(27)16-3-4-17-18(13-16)23-9-8-22-17/h3-4,8-9,13H,2,5-7,10-12,14-15H2,1H3/t21-/m1/s1. The molecule has 0 N–H and O–H groups in total. The number of rotatable bonds is 4. The molecule has 4 rings (SSSR count). The maximum Gasteiger partial charge on any atom is 0.253 e. The maximum atomic E-state index is 13.2. The van der Waals surface area contributed by atoms with E-state index in [1.165, 1.54) is 0 Å². The first-order valence-electron chi connectivity index (χ1n) is 9.87. The fraction of sp³-hybridized carbons (Fsp3) is 0.524. The highest BCUT2D eigenvalue weighted by molar-refractivity contribution is 5.97. The molecule has 0 bridgehead atoms. The van der Waals surface area contributed by atoms with Crippen molar-refractivity contribution in [2.45, 2.75) is 25.7 Å². The third kappa shape index (κ3) is 3.71. The predicted molar refractivity (Wildman–Crippen MR) is 105 cm³/mol. The Morgan fingerprint density at radius 3 is 2.82 bits per heavy atom. The van der Waals surface area contributed by atoms with Gasteiger partial charge in [-0.15, -0.1) is 0 Å². The smallest absolute Gasteiger partial charge is 0.253 e. The van der Waals surface area contributed by atoms with Crippen LogP contribution in [-0.2, 0) is 9.53 Å². The van der Waals surface area contributed by atoms with E-state index in [2.05, 4.69) is 9.97 Å². The molecule has 2 fully saturated rings. The average molecular weight is 382 g/mol. The van der Waals surface area contributed by atoms with Crippen LogP contribution in [0, 0.1) is 5.41 Å². The number of piperidine rings is 2. The summed E-state index contributed by atoms with van der Waals surface area (Å²) in [7, 11) is 1.65. The second-order valence-corrected chi connectivity index (χ2v) is 7.90. The molecule has 0 aliphatic carbocycles. The number of hydrogen-bond donors (Lipinski definition) is 0. The molecular weight excluding hydrogens is 356 g/mol. The lowest BCUT2D eigenvalue weighted by molar-refractivity contribution is -0.139. The number of hydrogen-bond acceptors (Lipinski definition) is 5. The number of amides is 2. The second-order valence-electron chi connectivity index (χ2n) is 7.90. The molecule has 7 heteroatoms. The molecule has 7 nitrogen and oxygen atoms in total. The lowest BCUT2D eigenvalue weighted by atomic mass is 9.73. The molecule has 0 saturated carbocycles. The zero-order valence-electron chi connectivity index (χ0n) is 16.3. The number of ether oxygens (including phenoxy) is 1. The molecule has 2 aliphatic heterocycles. The molecule has 1 atom stereocenters. The highest BCUT2D eigenvalue weighted by Crippen LogP contribution is 2.39. The Bertz CT molecular complexity index is 887. The molecule has 2 aliphatic rings. The monoisotopic (exact) mass is 382 g/mol. The first kappa shape index (κ1) is 18.8. The molecule has 2 amide bonds. The van der Waals surface area contributed by atoms with Gasteiger partial charge in [0.1, 0.15) is 0 Å². The van der Waals surface area contributed by atoms with Gasteiger partial charge in [0.2, 0.25) is 5.91 Å². The number of fused-ring (bicyclic) bond motifs is 1. The average Bonchev–Trinajstić information content (AvgIpc) is 2.74. The van der Waals surface area contributed by atoms with Crippen LogP contribution < -0.4 is 0 Å². The molecule has 28 heavy (non-hydrogen) atoms. The van der Waals surface area contributed by atoms with Crippen LogP contribution in [-0.4, -0.2) is 71.5 Å². The van der Waals surface area contributed by atoms with Crippen LogP contribution in [0.15, 0.2) is 30.6 Å². The third-order valence-electron chi connectivity index (χ3n) is 5.98. The number of benzene rings is 1. The summed E-state index contributed by atoms with van der Waals surface area (Å²) in [5, 5.41) is 0. The van der Waals surface area contributed by atoms with Gasteiger partial charge in [0.05, 0.1) is 17.6 Å². The number of nitrogens with zero attached hydrogens (tertiary/aromatic N) is 4. The summed E-state index contributed by atoms with van der Waals surface area (Å²) in [5.41, 5.74) is 2.16. The molecule has 0 unspecified atom stereocenters. The van der Waals surface area contributed by atoms with Gasteiger partial charge in [-0.1, -0.05) is 0 Å². The zero-order chi connectivity index (χ0) is 19.6. The fourth-order valence-electron chi connectivity index (χ4n) is 4.50. The Balaban J connectivity index is 1.50. The fourth-order valence-corrected chi connectivity index (χ4v) is 4.50. The van der Waals surface area contributed by atoms with E-state index in [9.17, 15) is 9.59 Å². The second kappa shape index (κ2) is 7.83. The van der Waals surface area contributed by atoms with E-state index in [1.807, 2.05) is 28.0 Å². The van der Waals surface area contributed by atoms with Gasteiger partial charge in [-0.05, 0) is 37.5 Å². The summed E-state index contributed by atoms with van der Waals surface area (Å²) in [6.07, 6.45) is 6.71. The number of carbonyl (C=O) groups is 2. The van der Waals surface area contributed by atoms with Crippen molar-refractivity contribution in [2.75, 3.05) is 39.9 Å². The van der Waals surface area contributed by atoms with E-state index in [4.69, 9.17) is 4.74 Å². The molecule has 148 valence electrons. The molecular formula is C21H26N4O3. The topological polar surface area (TPSA) is 75.6 Å². The van der Waals surface area contributed by atoms with Crippen LogP contribution in [0.3, 0.4) is 0 Å². The third-order valence-corrected chi connectivity index (χ3v) is 5.98. The summed E-state index contributed by atoms with van der Waals surface area (Å²) in [4.78, 5) is 37.9. The van der Waals surface area contributed by atoms with Crippen molar-refractivity contribution < 1.29 is 14.3 Å². The van der Waals surface area contributed by atoms with E-state index in [0.717, 1.165) is 36.8 Å². The van der Waals surface area contributed by atoms with E-state index >= 15 is 0 Å². The first-order valence-corrected chi connectivity index (χ1v) is 9.87. The minimum absolute atomic E-state index is 0.00772. The van der Waals surface area contributed by atoms with E-state index in [-0.39, 0.29) is 17.2 Å². The van der Waals surface area contributed by atoms with E-state index < -0.39 is 0 Å². The van der Waals surface area contributed by atoms with E-state index in [1.54, 1.807) is 19.5 Å². The van der Waals surface area contributed by atoms with Crippen LogP contribution in [0.5, 0.6) is 0 Å². The molecule has 1 spiro atoms. The SMILES string of the molecule is COCCN1C[C@@]2(CCCN(C(=O)c3ccc4nccnc4c3)C2)CCC1=O. The van der Waals surface area contributed by atoms with Crippen LogP contribution in [0.1, 0.15) is 36.0 Å². The normalized spacial score (nSPS) is 22.8. The zero-order valence-corrected chi connectivity index (χ0v) is 16.3. The Kier molecular flexibility index (Phi) is 5.26. The predicted octanol–water partition coefficient (Wildman–Crippen LogP) is 2.12. The van der Waals surface area contributed by atoms with Crippen molar-refractivity contribution in [3.05, 3.63) is 36.2 Å². The molecule has 2 aromatic rings. The Labute approximate surface area is 164 Å². The maximum absolute atomic E-state index is 13.2. The minimum atomic E-state index is -0.00772. The Hall–Kier alpha value is -2.54. The Morgan fingerprint density at radius 1 is 1.18 bits per heavy atom. The number of aromatic nitrogens is 2. The van der Waals surface area contributed by atoms with Gasteiger partial charge in [0, 0.05) is 63.1 Å². The van der Waals surface area contributed by atoms with Gasteiger partial charge in [-0.3, -0.25) is 19.6 Å². The van der Waals surface area contributed by atoms with Gasteiger partial charge in [-0.25, -0.2) is 0 Å². The lowest BCUT2D eigenvalue weighted by Gasteiger charge is -2.48. The molecule has 2 saturated heterocycles. The summed E-state index contributed by atoms with van der Waals surface area (Å²) < 4.78 is 5.15. The highest BCUT2D eigenvalue weighted by Gasteiger charge is 2.42. The summed E-state index contributed by atoms with van der Waals surface area (Å²) >= 11 is 0. The molecule has 1 aromatic heterocycles. The number of carbonyl (C=O) groups excluding carboxylic acids is 2. The van der Waals surface area contributed by atoms with Gasteiger partial charge in [0.25, 0.3) is 5.91 Å². The molecule has 1 aromatic carbocycles. The van der Waals surface area contributed by atoms with Crippen molar-refractivity contribution in [3.8, 4) is 0 Å². The number of likely N-dealkylation sites (tertiary alicyclic amines) is 2. The molecule has 3 heterocycles. The quantitative estimate of drug-likeness (QED) is 0.810.